The molecule has 1 aromatic heterocycles. The Hall–Kier alpha value is -3.23. The van der Waals surface area contributed by atoms with Gasteiger partial charge in [0, 0.05) is 13.0 Å². The Bertz CT molecular complexity index is 1020. The van der Waals surface area contributed by atoms with Crippen molar-refractivity contribution in [3.63, 3.8) is 0 Å². The molecule has 1 atom stereocenters. The summed E-state index contributed by atoms with van der Waals surface area (Å²) >= 11 is 0. The molecule has 0 saturated heterocycles. The normalized spacial score (nSPS) is 17.7. The first-order valence-electron chi connectivity index (χ1n) is 8.86. The zero-order valence-corrected chi connectivity index (χ0v) is 14.8. The lowest BCUT2D eigenvalue weighted by Gasteiger charge is -2.12. The summed E-state index contributed by atoms with van der Waals surface area (Å²) in [5, 5.41) is 14.7. The van der Waals surface area contributed by atoms with Gasteiger partial charge in [0.1, 0.15) is 5.56 Å². The standard InChI is InChI=1S/C18H20N4O5/c1-2-3-6-22-17(24)15(16(23)19-18(22)25)12-8-11(20-21-12)10-4-5-13-14(7-10)27-9-26-13/h4-5,7,11,20,24H,2-3,6,8-9H2,1H3,(H,19,23,25)/t11-/m0/s1. The first kappa shape index (κ1) is 17.2. The molecule has 9 heteroatoms. The van der Waals surface area contributed by atoms with E-state index < -0.39 is 11.2 Å². The molecule has 1 aromatic carbocycles. The third-order valence-electron chi connectivity index (χ3n) is 4.75. The van der Waals surface area contributed by atoms with E-state index in [9.17, 15) is 14.7 Å². The fraction of sp³-hybridized carbons (Fsp3) is 0.389. The minimum atomic E-state index is -0.642. The van der Waals surface area contributed by atoms with Gasteiger partial charge >= 0.3 is 5.69 Å². The largest absolute Gasteiger partial charge is 0.494 e. The zero-order valence-electron chi connectivity index (χ0n) is 14.8. The van der Waals surface area contributed by atoms with Crippen molar-refractivity contribution in [1.29, 1.82) is 0 Å². The van der Waals surface area contributed by atoms with Crippen LogP contribution in [0.1, 0.15) is 43.4 Å². The Labute approximate surface area is 154 Å². The SMILES string of the molecule is CCCCn1c(O)c(C2=NN[C@H](c3ccc4c(c3)OCO4)C2)c(=O)[nH]c1=O. The lowest BCUT2D eigenvalue weighted by Crippen LogP contribution is -2.33. The average Bonchev–Trinajstić information content (AvgIpc) is 3.30. The molecule has 142 valence electrons. The summed E-state index contributed by atoms with van der Waals surface area (Å²) in [5.41, 5.74) is 3.08. The molecule has 4 rings (SSSR count). The monoisotopic (exact) mass is 372 g/mol. The molecular weight excluding hydrogens is 352 g/mol. The van der Waals surface area contributed by atoms with E-state index in [0.29, 0.717) is 36.6 Å². The van der Waals surface area contributed by atoms with E-state index in [1.807, 2.05) is 25.1 Å². The molecule has 3 heterocycles. The molecule has 0 saturated carbocycles. The van der Waals surface area contributed by atoms with Gasteiger partial charge in [-0.1, -0.05) is 19.4 Å². The first-order chi connectivity index (χ1) is 13.1. The van der Waals surface area contributed by atoms with Crippen LogP contribution < -0.4 is 26.1 Å². The van der Waals surface area contributed by atoms with Gasteiger partial charge < -0.3 is 20.0 Å². The van der Waals surface area contributed by atoms with Gasteiger partial charge in [0.25, 0.3) is 5.56 Å². The lowest BCUT2D eigenvalue weighted by atomic mass is 9.99. The number of hydrazone groups is 1. The Balaban J connectivity index is 1.62. The highest BCUT2D eigenvalue weighted by Gasteiger charge is 2.28. The summed E-state index contributed by atoms with van der Waals surface area (Å²) in [4.78, 5) is 26.6. The van der Waals surface area contributed by atoms with Crippen LogP contribution in [0, 0.1) is 0 Å². The number of rotatable bonds is 5. The zero-order chi connectivity index (χ0) is 19.0. The van der Waals surface area contributed by atoms with Gasteiger partial charge in [0.2, 0.25) is 12.7 Å². The Kier molecular flexibility index (Phi) is 4.35. The van der Waals surface area contributed by atoms with Crippen LogP contribution in [-0.2, 0) is 6.54 Å². The van der Waals surface area contributed by atoms with E-state index in [1.165, 1.54) is 4.57 Å². The van der Waals surface area contributed by atoms with Crippen LogP contribution in [0.15, 0.2) is 32.9 Å². The van der Waals surface area contributed by atoms with Crippen LogP contribution in [0.25, 0.3) is 0 Å². The molecule has 2 aromatic rings. The predicted octanol–water partition coefficient (Wildman–Crippen LogP) is 1.21. The second kappa shape index (κ2) is 6.82. The third kappa shape index (κ3) is 3.05. The number of H-pyrrole nitrogens is 1. The maximum Gasteiger partial charge on any atom is 0.331 e. The molecule has 0 aliphatic carbocycles. The number of aromatic amines is 1. The van der Waals surface area contributed by atoms with Crippen molar-refractivity contribution in [2.45, 2.75) is 38.8 Å². The van der Waals surface area contributed by atoms with Crippen LogP contribution in [0.2, 0.25) is 0 Å². The number of benzene rings is 1. The first-order valence-corrected chi connectivity index (χ1v) is 8.86. The summed E-state index contributed by atoms with van der Waals surface area (Å²) in [6.45, 7) is 2.51. The predicted molar refractivity (Wildman–Crippen MR) is 97.5 cm³/mol. The lowest BCUT2D eigenvalue weighted by molar-refractivity contribution is 0.174. The van der Waals surface area contributed by atoms with Crippen molar-refractivity contribution in [1.82, 2.24) is 15.0 Å². The molecule has 2 aliphatic heterocycles. The van der Waals surface area contributed by atoms with Crippen molar-refractivity contribution >= 4 is 5.71 Å². The van der Waals surface area contributed by atoms with Gasteiger partial charge in [-0.25, -0.2) is 4.79 Å². The fourth-order valence-corrected chi connectivity index (χ4v) is 3.26. The highest BCUT2D eigenvalue weighted by molar-refractivity contribution is 6.03. The maximum absolute atomic E-state index is 12.3. The van der Waals surface area contributed by atoms with E-state index in [4.69, 9.17) is 9.47 Å². The number of ether oxygens (including phenoxy) is 2. The highest BCUT2D eigenvalue weighted by Crippen LogP contribution is 2.36. The highest BCUT2D eigenvalue weighted by atomic mass is 16.7. The number of nitrogens with zero attached hydrogens (tertiary/aromatic N) is 2. The summed E-state index contributed by atoms with van der Waals surface area (Å²) in [7, 11) is 0. The molecule has 0 fully saturated rings. The maximum atomic E-state index is 12.3. The van der Waals surface area contributed by atoms with Crippen LogP contribution in [-0.4, -0.2) is 27.2 Å². The van der Waals surface area contributed by atoms with Gasteiger partial charge in [-0.15, -0.1) is 0 Å². The van der Waals surface area contributed by atoms with Crippen LogP contribution >= 0.6 is 0 Å². The summed E-state index contributed by atoms with van der Waals surface area (Å²) in [5.74, 6) is 1.01. The summed E-state index contributed by atoms with van der Waals surface area (Å²) in [6.07, 6.45) is 1.96. The molecular formula is C18H20N4O5. The number of fused-ring (bicyclic) bond motifs is 1. The van der Waals surface area contributed by atoms with Crippen molar-refractivity contribution in [3.8, 4) is 17.4 Å². The Morgan fingerprint density at radius 1 is 1.30 bits per heavy atom. The minimum absolute atomic E-state index is 0.0291. The second-order valence-corrected chi connectivity index (χ2v) is 6.52. The smallest absolute Gasteiger partial charge is 0.331 e. The Morgan fingerprint density at radius 3 is 2.93 bits per heavy atom. The number of hydrogen-bond acceptors (Lipinski definition) is 7. The number of aromatic nitrogens is 2. The van der Waals surface area contributed by atoms with E-state index in [1.54, 1.807) is 0 Å². The molecule has 9 nitrogen and oxygen atoms in total. The van der Waals surface area contributed by atoms with Crippen molar-refractivity contribution in [2.75, 3.05) is 6.79 Å². The van der Waals surface area contributed by atoms with E-state index >= 15 is 0 Å². The quantitative estimate of drug-likeness (QED) is 0.726. The van der Waals surface area contributed by atoms with Crippen molar-refractivity contribution in [2.24, 2.45) is 5.10 Å². The van der Waals surface area contributed by atoms with Crippen LogP contribution in [0.3, 0.4) is 0 Å². The summed E-state index contributed by atoms with van der Waals surface area (Å²) in [6, 6.07) is 5.41. The minimum Gasteiger partial charge on any atom is -0.494 e. The van der Waals surface area contributed by atoms with Crippen molar-refractivity contribution < 1.29 is 14.6 Å². The number of unbranched alkanes of at least 4 members (excludes halogenated alkanes) is 1. The molecule has 0 spiro atoms. The second-order valence-electron chi connectivity index (χ2n) is 6.52. The Morgan fingerprint density at radius 2 is 2.11 bits per heavy atom. The van der Waals surface area contributed by atoms with Crippen molar-refractivity contribution in [3.05, 3.63) is 50.2 Å². The number of aromatic hydroxyl groups is 1. The number of nitrogens with one attached hydrogen (secondary N) is 2. The van der Waals surface area contributed by atoms with Gasteiger partial charge in [0.15, 0.2) is 11.5 Å². The van der Waals surface area contributed by atoms with E-state index in [-0.39, 0.29) is 24.3 Å². The molecule has 2 aliphatic rings. The molecule has 0 bridgehead atoms. The van der Waals surface area contributed by atoms with E-state index in [2.05, 4.69) is 15.5 Å². The van der Waals surface area contributed by atoms with E-state index in [0.717, 1.165) is 12.0 Å². The molecule has 3 N–H and O–H groups in total. The van der Waals surface area contributed by atoms with Crippen LogP contribution in [0.5, 0.6) is 17.4 Å². The van der Waals surface area contributed by atoms with Gasteiger partial charge in [0.05, 0.1) is 11.8 Å². The van der Waals surface area contributed by atoms with Gasteiger partial charge in [-0.2, -0.15) is 5.10 Å². The topological polar surface area (TPSA) is 118 Å². The molecule has 0 radical (unpaired) electrons. The molecule has 0 unspecified atom stereocenters. The third-order valence-corrected chi connectivity index (χ3v) is 4.75. The fourth-order valence-electron chi connectivity index (χ4n) is 3.26. The molecule has 27 heavy (non-hydrogen) atoms. The average molecular weight is 372 g/mol. The number of hydrogen-bond donors (Lipinski definition) is 3. The summed E-state index contributed by atoms with van der Waals surface area (Å²) < 4.78 is 11.9. The van der Waals surface area contributed by atoms with Gasteiger partial charge in [-0.3, -0.25) is 14.3 Å². The molecule has 0 amide bonds. The van der Waals surface area contributed by atoms with Crippen LogP contribution in [0.4, 0.5) is 0 Å². The van der Waals surface area contributed by atoms with Gasteiger partial charge in [-0.05, 0) is 24.1 Å².